The first-order chi connectivity index (χ1) is 17.2. The Balaban J connectivity index is 1.54. The van der Waals surface area contributed by atoms with E-state index in [0.29, 0.717) is 53.9 Å². The molecule has 36 heavy (non-hydrogen) atoms. The smallest absolute Gasteiger partial charge is 0.422 e. The summed E-state index contributed by atoms with van der Waals surface area (Å²) in [4.78, 5) is 16.7. The SMILES string of the molecule is CS/C(=C(\C=C(/C)c1nc(-c2ccc(CN3CC(C(=O)O)C3)cc2)no1)c1ccccc1)C(F)(F)F. The van der Waals surface area contributed by atoms with E-state index in [9.17, 15) is 18.0 Å². The fourth-order valence-corrected chi connectivity index (χ4v) is 4.56. The third kappa shape index (κ3) is 5.88. The third-order valence-corrected chi connectivity index (χ3v) is 6.70. The van der Waals surface area contributed by atoms with Crippen molar-refractivity contribution < 1.29 is 27.6 Å². The van der Waals surface area contributed by atoms with E-state index >= 15 is 0 Å². The highest BCUT2D eigenvalue weighted by Gasteiger charge is 2.36. The summed E-state index contributed by atoms with van der Waals surface area (Å²) in [7, 11) is 0. The fraction of sp³-hybridized carbons (Fsp3) is 0.269. The maximum atomic E-state index is 13.7. The molecule has 2 aromatic carbocycles. The largest absolute Gasteiger partial charge is 0.481 e. The molecule has 1 aromatic heterocycles. The van der Waals surface area contributed by atoms with E-state index in [4.69, 9.17) is 9.63 Å². The van der Waals surface area contributed by atoms with Gasteiger partial charge in [0.15, 0.2) is 0 Å². The van der Waals surface area contributed by atoms with E-state index in [-0.39, 0.29) is 17.4 Å². The summed E-state index contributed by atoms with van der Waals surface area (Å²) in [5, 5.41) is 13.0. The number of hydrogen-bond acceptors (Lipinski definition) is 6. The molecule has 1 aliphatic rings. The number of aliphatic carboxylic acids is 1. The van der Waals surface area contributed by atoms with Crippen molar-refractivity contribution in [2.75, 3.05) is 19.3 Å². The van der Waals surface area contributed by atoms with E-state index in [2.05, 4.69) is 15.0 Å². The number of allylic oxidation sites excluding steroid dienone is 4. The normalized spacial score (nSPS) is 16.0. The summed E-state index contributed by atoms with van der Waals surface area (Å²) in [6.07, 6.45) is -1.68. The lowest BCUT2D eigenvalue weighted by Crippen LogP contribution is -2.49. The molecule has 0 saturated carbocycles. The Hall–Kier alpha value is -3.37. The molecule has 4 rings (SSSR count). The summed E-state index contributed by atoms with van der Waals surface area (Å²) in [5.41, 5.74) is 2.61. The van der Waals surface area contributed by atoms with Crippen molar-refractivity contribution in [3.05, 3.63) is 82.6 Å². The highest BCUT2D eigenvalue weighted by atomic mass is 32.2. The molecule has 1 N–H and O–H groups in total. The van der Waals surface area contributed by atoms with Crippen molar-refractivity contribution >= 4 is 28.9 Å². The molecular weight excluding hydrogens is 491 g/mol. The standard InChI is InChI=1S/C26H24F3N3O3S/c1-16(12-21(18-6-4-3-5-7-18)22(36-2)26(27,28)29)24-30-23(31-35-24)19-10-8-17(9-11-19)13-32-14-20(15-32)25(33)34/h3-12,20H,13-15H2,1-2H3,(H,33,34)/b16-12+,22-21+. The van der Waals surface area contributed by atoms with Gasteiger partial charge in [0, 0.05) is 36.3 Å². The van der Waals surface area contributed by atoms with Crippen LogP contribution in [0.2, 0.25) is 0 Å². The van der Waals surface area contributed by atoms with Crippen molar-refractivity contribution in [1.82, 2.24) is 15.0 Å². The average Bonchev–Trinajstić information content (AvgIpc) is 3.31. The first kappa shape index (κ1) is 25.7. The second-order valence-electron chi connectivity index (χ2n) is 8.49. The predicted octanol–water partition coefficient (Wildman–Crippen LogP) is 5.99. The fourth-order valence-electron chi connectivity index (χ4n) is 3.93. The van der Waals surface area contributed by atoms with Crippen LogP contribution in [-0.2, 0) is 11.3 Å². The molecule has 0 aliphatic carbocycles. The lowest BCUT2D eigenvalue weighted by Gasteiger charge is -2.36. The van der Waals surface area contributed by atoms with E-state index in [1.165, 1.54) is 12.3 Å². The third-order valence-electron chi connectivity index (χ3n) is 5.84. The molecule has 3 aromatic rings. The topological polar surface area (TPSA) is 79.5 Å². The van der Waals surface area contributed by atoms with Gasteiger partial charge in [-0.2, -0.15) is 18.2 Å². The van der Waals surface area contributed by atoms with Crippen LogP contribution in [0.4, 0.5) is 13.2 Å². The highest BCUT2D eigenvalue weighted by molar-refractivity contribution is 8.02. The van der Waals surface area contributed by atoms with Crippen LogP contribution in [-0.4, -0.2) is 51.6 Å². The van der Waals surface area contributed by atoms with Gasteiger partial charge in [-0.1, -0.05) is 59.8 Å². The molecule has 1 fully saturated rings. The summed E-state index contributed by atoms with van der Waals surface area (Å²) < 4.78 is 46.6. The van der Waals surface area contributed by atoms with Crippen LogP contribution in [0.1, 0.15) is 23.9 Å². The Bertz CT molecular complexity index is 1280. The minimum Gasteiger partial charge on any atom is -0.481 e. The van der Waals surface area contributed by atoms with Crippen LogP contribution < -0.4 is 0 Å². The van der Waals surface area contributed by atoms with Gasteiger partial charge in [-0.05, 0) is 30.4 Å². The number of carboxylic acid groups (broad SMARTS) is 1. The van der Waals surface area contributed by atoms with Crippen LogP contribution in [0, 0.1) is 5.92 Å². The highest BCUT2D eigenvalue weighted by Crippen LogP contribution is 2.40. The maximum absolute atomic E-state index is 13.7. The lowest BCUT2D eigenvalue weighted by molar-refractivity contribution is -0.147. The van der Waals surface area contributed by atoms with Gasteiger partial charge in [0.25, 0.3) is 5.89 Å². The first-order valence-electron chi connectivity index (χ1n) is 11.1. The lowest BCUT2D eigenvalue weighted by atomic mass is 9.99. The Morgan fingerprint density at radius 2 is 1.83 bits per heavy atom. The molecule has 6 nitrogen and oxygen atoms in total. The van der Waals surface area contributed by atoms with Crippen molar-refractivity contribution in [1.29, 1.82) is 0 Å². The zero-order valence-corrected chi connectivity index (χ0v) is 20.4. The van der Waals surface area contributed by atoms with Gasteiger partial charge in [0.2, 0.25) is 5.82 Å². The van der Waals surface area contributed by atoms with Gasteiger partial charge < -0.3 is 9.63 Å². The number of carboxylic acids is 1. The minimum atomic E-state index is -4.51. The first-order valence-corrected chi connectivity index (χ1v) is 12.4. The van der Waals surface area contributed by atoms with E-state index in [0.717, 1.165) is 5.56 Å². The van der Waals surface area contributed by atoms with Crippen LogP contribution in [0.15, 0.2) is 70.1 Å². The Morgan fingerprint density at radius 1 is 1.17 bits per heavy atom. The monoisotopic (exact) mass is 515 g/mol. The molecule has 0 unspecified atom stereocenters. The van der Waals surface area contributed by atoms with Crippen LogP contribution in [0.3, 0.4) is 0 Å². The number of benzene rings is 2. The number of hydrogen-bond donors (Lipinski definition) is 1. The molecule has 10 heteroatoms. The molecule has 0 spiro atoms. The number of halogens is 3. The molecule has 0 bridgehead atoms. The van der Waals surface area contributed by atoms with Gasteiger partial charge >= 0.3 is 12.1 Å². The van der Waals surface area contributed by atoms with E-state index in [1.54, 1.807) is 37.3 Å². The molecule has 188 valence electrons. The van der Waals surface area contributed by atoms with Gasteiger partial charge in [-0.25, -0.2) is 0 Å². The van der Waals surface area contributed by atoms with Crippen molar-refractivity contribution in [2.45, 2.75) is 19.6 Å². The summed E-state index contributed by atoms with van der Waals surface area (Å²) in [6, 6.07) is 15.9. The van der Waals surface area contributed by atoms with Crippen LogP contribution in [0.5, 0.6) is 0 Å². The number of carbonyl (C=O) groups is 1. The second kappa shape index (κ2) is 10.7. The van der Waals surface area contributed by atoms with Gasteiger partial charge in [0.05, 0.1) is 10.8 Å². The summed E-state index contributed by atoms with van der Waals surface area (Å²) >= 11 is 0.643. The Labute approximate surface area is 210 Å². The van der Waals surface area contributed by atoms with E-state index < -0.39 is 17.1 Å². The average molecular weight is 516 g/mol. The predicted molar refractivity (Wildman–Crippen MR) is 133 cm³/mol. The molecule has 1 saturated heterocycles. The number of nitrogens with zero attached hydrogens (tertiary/aromatic N) is 3. The number of aromatic nitrogens is 2. The molecule has 0 radical (unpaired) electrons. The second-order valence-corrected chi connectivity index (χ2v) is 9.30. The van der Waals surface area contributed by atoms with Gasteiger partial charge in [-0.3, -0.25) is 9.69 Å². The number of likely N-dealkylation sites (tertiary alicyclic amines) is 1. The van der Waals surface area contributed by atoms with Crippen molar-refractivity contribution in [2.24, 2.45) is 5.92 Å². The molecule has 1 aliphatic heterocycles. The Morgan fingerprint density at radius 3 is 2.42 bits per heavy atom. The summed E-state index contributed by atoms with van der Waals surface area (Å²) in [6.45, 7) is 3.34. The maximum Gasteiger partial charge on any atom is 0.422 e. The van der Waals surface area contributed by atoms with Crippen molar-refractivity contribution in [3.63, 3.8) is 0 Å². The van der Waals surface area contributed by atoms with E-state index in [1.807, 2.05) is 24.3 Å². The zero-order valence-electron chi connectivity index (χ0n) is 19.6. The van der Waals surface area contributed by atoms with Crippen molar-refractivity contribution in [3.8, 4) is 11.4 Å². The van der Waals surface area contributed by atoms with Crippen LogP contribution >= 0.6 is 11.8 Å². The Kier molecular flexibility index (Phi) is 7.65. The molecule has 0 atom stereocenters. The number of thioether (sulfide) groups is 1. The minimum absolute atomic E-state index is 0.0355. The summed E-state index contributed by atoms with van der Waals surface area (Å²) in [5.74, 6) is -0.622. The zero-order chi connectivity index (χ0) is 25.9. The van der Waals surface area contributed by atoms with Crippen LogP contribution in [0.25, 0.3) is 22.5 Å². The molecule has 0 amide bonds. The molecular formula is C26H24F3N3O3S. The number of rotatable bonds is 8. The molecule has 2 heterocycles. The van der Waals surface area contributed by atoms with Gasteiger partial charge in [-0.15, -0.1) is 11.8 Å². The number of alkyl halides is 3. The van der Waals surface area contributed by atoms with Gasteiger partial charge in [0.1, 0.15) is 0 Å². The quantitative estimate of drug-likeness (QED) is 0.369.